The molecule has 0 aliphatic carbocycles. The van der Waals surface area contributed by atoms with Gasteiger partial charge in [0.05, 0.1) is 19.3 Å². The minimum Gasteiger partial charge on any atom is -0.495 e. The Morgan fingerprint density at radius 1 is 1.33 bits per heavy atom. The Labute approximate surface area is 125 Å². The van der Waals surface area contributed by atoms with Gasteiger partial charge in [0.25, 0.3) is 0 Å². The van der Waals surface area contributed by atoms with Gasteiger partial charge in [-0.25, -0.2) is 9.67 Å². The highest BCUT2D eigenvalue weighted by Crippen LogP contribution is 2.28. The van der Waals surface area contributed by atoms with Crippen LogP contribution in [0.5, 0.6) is 5.75 Å². The van der Waals surface area contributed by atoms with E-state index in [0.29, 0.717) is 13.1 Å². The number of aromatic nitrogens is 3. The number of nitrogens with zero attached hydrogens (tertiary/aromatic N) is 4. The second kappa shape index (κ2) is 7.64. The molecule has 2 rings (SSSR count). The van der Waals surface area contributed by atoms with Crippen molar-refractivity contribution in [1.82, 2.24) is 14.8 Å². The molecule has 6 nitrogen and oxygen atoms in total. The predicted molar refractivity (Wildman–Crippen MR) is 83.4 cm³/mol. The molecule has 6 heteroatoms. The smallest absolute Gasteiger partial charge is 0.146 e. The lowest BCUT2D eigenvalue weighted by molar-refractivity contribution is 0.413. The number of anilines is 1. The molecule has 2 N–H and O–H groups in total. The highest BCUT2D eigenvalue weighted by Gasteiger charge is 2.14. The summed E-state index contributed by atoms with van der Waals surface area (Å²) in [6.07, 6.45) is 2.51. The Hall–Kier alpha value is -2.08. The Balaban J connectivity index is 2.25. The Bertz CT molecular complexity index is 555. The highest BCUT2D eigenvalue weighted by molar-refractivity contribution is 5.58. The molecule has 0 atom stereocenters. The van der Waals surface area contributed by atoms with Gasteiger partial charge in [-0.3, -0.25) is 0 Å². The van der Waals surface area contributed by atoms with Crippen LogP contribution in [0.4, 0.5) is 5.69 Å². The van der Waals surface area contributed by atoms with Crippen LogP contribution in [0, 0.1) is 0 Å². The number of ether oxygens (including phenoxy) is 1. The third-order valence-corrected chi connectivity index (χ3v) is 3.39. The molecular weight excluding hydrogens is 266 g/mol. The van der Waals surface area contributed by atoms with E-state index in [1.807, 2.05) is 22.9 Å². The number of aryl methyl sites for hydroxylation is 1. The summed E-state index contributed by atoms with van der Waals surface area (Å²) < 4.78 is 7.37. The summed E-state index contributed by atoms with van der Waals surface area (Å²) in [6.45, 7) is 5.07. The second-order valence-electron chi connectivity index (χ2n) is 4.73. The van der Waals surface area contributed by atoms with Gasteiger partial charge in [-0.15, -0.1) is 0 Å². The van der Waals surface area contributed by atoms with Crippen molar-refractivity contribution in [3.05, 3.63) is 36.4 Å². The van der Waals surface area contributed by atoms with Gasteiger partial charge in [-0.1, -0.05) is 12.1 Å². The maximum Gasteiger partial charge on any atom is 0.146 e. The summed E-state index contributed by atoms with van der Waals surface area (Å²) in [5, 5.41) is 4.23. The van der Waals surface area contributed by atoms with Gasteiger partial charge in [0.2, 0.25) is 0 Å². The number of hydrogen-bond donors (Lipinski definition) is 1. The molecule has 0 aliphatic heterocycles. The Morgan fingerprint density at radius 3 is 2.86 bits per heavy atom. The van der Waals surface area contributed by atoms with E-state index >= 15 is 0 Å². The Morgan fingerprint density at radius 2 is 2.14 bits per heavy atom. The first-order chi connectivity index (χ1) is 10.3. The largest absolute Gasteiger partial charge is 0.495 e. The van der Waals surface area contributed by atoms with Crippen molar-refractivity contribution in [1.29, 1.82) is 0 Å². The quantitative estimate of drug-likeness (QED) is 0.800. The zero-order chi connectivity index (χ0) is 15.1. The van der Waals surface area contributed by atoms with Crippen LogP contribution in [-0.4, -0.2) is 35.0 Å². The third-order valence-electron chi connectivity index (χ3n) is 3.39. The van der Waals surface area contributed by atoms with Crippen LogP contribution >= 0.6 is 0 Å². The van der Waals surface area contributed by atoms with E-state index in [1.54, 1.807) is 13.4 Å². The Kier molecular flexibility index (Phi) is 5.57. The van der Waals surface area contributed by atoms with E-state index in [9.17, 15) is 0 Å². The first kappa shape index (κ1) is 15.3. The standard InChI is InChI=1S/C15H23N5O/c1-3-20-15(17-12-18-20)11-19(10-6-9-16)13-7-4-5-8-14(13)21-2/h4-5,7-8,12H,3,6,9-11,16H2,1-2H3. The molecule has 0 bridgehead atoms. The van der Waals surface area contributed by atoms with Crippen LogP contribution in [0.3, 0.4) is 0 Å². The average Bonchev–Trinajstić information content (AvgIpc) is 2.98. The average molecular weight is 289 g/mol. The summed E-state index contributed by atoms with van der Waals surface area (Å²) >= 11 is 0. The van der Waals surface area contributed by atoms with Crippen LogP contribution in [0.25, 0.3) is 0 Å². The normalized spacial score (nSPS) is 10.6. The van der Waals surface area contributed by atoms with E-state index < -0.39 is 0 Å². The molecule has 0 saturated carbocycles. The minimum absolute atomic E-state index is 0.659. The van der Waals surface area contributed by atoms with Crippen molar-refractivity contribution in [2.24, 2.45) is 5.73 Å². The van der Waals surface area contributed by atoms with Crippen molar-refractivity contribution in [3.8, 4) is 5.75 Å². The first-order valence-corrected chi connectivity index (χ1v) is 7.24. The van der Waals surface area contributed by atoms with Gasteiger partial charge in [0.1, 0.15) is 17.9 Å². The van der Waals surface area contributed by atoms with E-state index in [0.717, 1.165) is 36.8 Å². The van der Waals surface area contributed by atoms with Crippen LogP contribution < -0.4 is 15.4 Å². The van der Waals surface area contributed by atoms with Gasteiger partial charge < -0.3 is 15.4 Å². The fourth-order valence-electron chi connectivity index (χ4n) is 2.30. The summed E-state index contributed by atoms with van der Waals surface area (Å²) in [6, 6.07) is 8.01. The summed E-state index contributed by atoms with van der Waals surface area (Å²) in [7, 11) is 1.69. The molecule has 1 aromatic heterocycles. The number of rotatable bonds is 8. The maximum atomic E-state index is 5.66. The fraction of sp³-hybridized carbons (Fsp3) is 0.467. The van der Waals surface area contributed by atoms with E-state index in [-0.39, 0.29) is 0 Å². The molecule has 0 radical (unpaired) electrons. The predicted octanol–water partition coefficient (Wildman–Crippen LogP) is 1.66. The van der Waals surface area contributed by atoms with E-state index in [4.69, 9.17) is 10.5 Å². The maximum absolute atomic E-state index is 5.66. The van der Waals surface area contributed by atoms with Crippen LogP contribution in [-0.2, 0) is 13.1 Å². The van der Waals surface area contributed by atoms with Crippen molar-refractivity contribution in [2.45, 2.75) is 26.4 Å². The summed E-state index contributed by atoms with van der Waals surface area (Å²) in [5.41, 5.74) is 6.72. The summed E-state index contributed by atoms with van der Waals surface area (Å²) in [5.74, 6) is 1.80. The van der Waals surface area contributed by atoms with Crippen LogP contribution in [0.2, 0.25) is 0 Å². The van der Waals surface area contributed by atoms with Crippen LogP contribution in [0.1, 0.15) is 19.2 Å². The number of nitrogens with two attached hydrogens (primary N) is 1. The van der Waals surface area contributed by atoms with Gasteiger partial charge in [0, 0.05) is 13.1 Å². The van der Waals surface area contributed by atoms with Crippen molar-refractivity contribution >= 4 is 5.69 Å². The fourth-order valence-corrected chi connectivity index (χ4v) is 2.30. The number of para-hydroxylation sites is 2. The van der Waals surface area contributed by atoms with Crippen molar-refractivity contribution in [2.75, 3.05) is 25.1 Å². The molecular formula is C15H23N5O. The van der Waals surface area contributed by atoms with E-state index in [1.165, 1.54) is 0 Å². The number of methoxy groups -OCH3 is 1. The highest BCUT2D eigenvalue weighted by atomic mass is 16.5. The van der Waals surface area contributed by atoms with Crippen LogP contribution in [0.15, 0.2) is 30.6 Å². The summed E-state index contributed by atoms with van der Waals surface area (Å²) in [4.78, 5) is 6.59. The molecule has 0 fully saturated rings. The first-order valence-electron chi connectivity index (χ1n) is 7.24. The SMILES string of the molecule is CCn1ncnc1CN(CCCN)c1ccccc1OC. The van der Waals surface area contributed by atoms with Gasteiger partial charge in [-0.05, 0) is 32.0 Å². The monoisotopic (exact) mass is 289 g/mol. The van der Waals surface area contributed by atoms with Gasteiger partial charge in [-0.2, -0.15) is 5.10 Å². The molecule has 0 saturated heterocycles. The van der Waals surface area contributed by atoms with Gasteiger partial charge in [0.15, 0.2) is 0 Å². The lowest BCUT2D eigenvalue weighted by atomic mass is 10.2. The lowest BCUT2D eigenvalue weighted by Gasteiger charge is -2.26. The van der Waals surface area contributed by atoms with Crippen molar-refractivity contribution < 1.29 is 4.74 Å². The minimum atomic E-state index is 0.659. The molecule has 1 heterocycles. The molecule has 0 unspecified atom stereocenters. The lowest BCUT2D eigenvalue weighted by Crippen LogP contribution is -2.27. The molecule has 0 aliphatic rings. The molecule has 21 heavy (non-hydrogen) atoms. The van der Waals surface area contributed by atoms with Crippen molar-refractivity contribution in [3.63, 3.8) is 0 Å². The number of hydrogen-bond acceptors (Lipinski definition) is 5. The topological polar surface area (TPSA) is 69.2 Å². The molecule has 2 aromatic rings. The second-order valence-corrected chi connectivity index (χ2v) is 4.73. The zero-order valence-electron chi connectivity index (χ0n) is 12.7. The molecule has 114 valence electrons. The molecule has 0 spiro atoms. The molecule has 0 amide bonds. The number of benzene rings is 1. The zero-order valence-corrected chi connectivity index (χ0v) is 12.7. The third kappa shape index (κ3) is 3.72. The van der Waals surface area contributed by atoms with Gasteiger partial charge >= 0.3 is 0 Å². The van der Waals surface area contributed by atoms with E-state index in [2.05, 4.69) is 28.0 Å². The molecule has 1 aromatic carbocycles.